The zero-order valence-electron chi connectivity index (χ0n) is 10.4. The maximum atomic E-state index is 13.1. The van der Waals surface area contributed by atoms with Gasteiger partial charge in [0.25, 0.3) is 0 Å². The van der Waals surface area contributed by atoms with Gasteiger partial charge in [-0.15, -0.1) is 0 Å². The molecule has 0 N–H and O–H groups in total. The number of rotatable bonds is 3. The molecule has 0 saturated heterocycles. The quantitative estimate of drug-likeness (QED) is 0.664. The van der Waals surface area contributed by atoms with Crippen molar-refractivity contribution in [2.45, 2.75) is 5.92 Å². The smallest absolute Gasteiger partial charge is 0.184 e. The van der Waals surface area contributed by atoms with E-state index in [-0.39, 0.29) is 10.6 Å². The van der Waals surface area contributed by atoms with E-state index in [2.05, 4.69) is 15.9 Å². The van der Waals surface area contributed by atoms with Crippen molar-refractivity contribution in [3.63, 3.8) is 0 Å². The highest BCUT2D eigenvalue weighted by molar-refractivity contribution is 9.10. The number of carbonyl (C=O) groups excluding carboxylic acids is 1. The van der Waals surface area contributed by atoms with Crippen LogP contribution in [-0.4, -0.2) is 5.78 Å². The van der Waals surface area contributed by atoms with E-state index in [1.807, 2.05) is 6.07 Å². The molecule has 6 heteroatoms. The lowest BCUT2D eigenvalue weighted by molar-refractivity contribution is 0.0979. The largest absolute Gasteiger partial charge is 0.292 e. The third-order valence-corrected chi connectivity index (χ3v) is 4.41. The van der Waals surface area contributed by atoms with Crippen LogP contribution < -0.4 is 0 Å². The second-order valence-electron chi connectivity index (χ2n) is 4.22. The molecule has 2 nitrogen and oxygen atoms in total. The van der Waals surface area contributed by atoms with Gasteiger partial charge in [0.15, 0.2) is 5.78 Å². The van der Waals surface area contributed by atoms with Gasteiger partial charge >= 0.3 is 0 Å². The molecule has 0 heterocycles. The van der Waals surface area contributed by atoms with Crippen LogP contribution in [0.1, 0.15) is 21.8 Å². The number of ketones is 1. The van der Waals surface area contributed by atoms with E-state index in [1.54, 1.807) is 6.07 Å². The molecule has 0 aliphatic heterocycles. The Morgan fingerprint density at radius 1 is 1.19 bits per heavy atom. The molecule has 2 aromatic carbocycles. The van der Waals surface area contributed by atoms with Gasteiger partial charge in [-0.1, -0.05) is 29.3 Å². The van der Waals surface area contributed by atoms with E-state index >= 15 is 0 Å². The van der Waals surface area contributed by atoms with Crippen LogP contribution >= 0.6 is 39.1 Å². The Labute approximate surface area is 139 Å². The maximum Gasteiger partial charge on any atom is 0.184 e. The van der Waals surface area contributed by atoms with Gasteiger partial charge in [-0.25, -0.2) is 4.39 Å². The second kappa shape index (κ2) is 6.57. The van der Waals surface area contributed by atoms with Crippen LogP contribution in [0.2, 0.25) is 10.0 Å². The van der Waals surface area contributed by atoms with Crippen molar-refractivity contribution in [3.05, 3.63) is 67.9 Å². The Morgan fingerprint density at radius 2 is 1.90 bits per heavy atom. The lowest BCUT2D eigenvalue weighted by atomic mass is 9.92. The molecule has 2 aromatic rings. The molecule has 0 radical (unpaired) electrons. The summed E-state index contributed by atoms with van der Waals surface area (Å²) in [5, 5.41) is 9.77. The minimum absolute atomic E-state index is 0.0444. The zero-order valence-corrected chi connectivity index (χ0v) is 13.5. The van der Waals surface area contributed by atoms with Crippen LogP contribution in [0.25, 0.3) is 0 Å². The number of nitriles is 1. The number of nitrogens with zero attached hydrogens (tertiary/aromatic N) is 1. The van der Waals surface area contributed by atoms with E-state index in [0.29, 0.717) is 15.1 Å². The third-order valence-electron chi connectivity index (χ3n) is 2.87. The molecule has 0 fully saturated rings. The third kappa shape index (κ3) is 3.44. The van der Waals surface area contributed by atoms with E-state index in [0.717, 1.165) is 12.1 Å². The summed E-state index contributed by atoms with van der Waals surface area (Å²) in [7, 11) is 0. The summed E-state index contributed by atoms with van der Waals surface area (Å²) in [5.74, 6) is -2.06. The minimum Gasteiger partial charge on any atom is -0.292 e. The fourth-order valence-corrected chi connectivity index (χ4v) is 2.59. The molecule has 0 saturated carbocycles. The molecule has 106 valence electrons. The highest BCUT2D eigenvalue weighted by atomic mass is 79.9. The molecule has 0 aromatic heterocycles. The van der Waals surface area contributed by atoms with Gasteiger partial charge in [-0.3, -0.25) is 4.79 Å². The summed E-state index contributed by atoms with van der Waals surface area (Å²) in [6.07, 6.45) is 0. The molecule has 0 spiro atoms. The van der Waals surface area contributed by atoms with Gasteiger partial charge in [0.05, 0.1) is 11.1 Å². The maximum absolute atomic E-state index is 13.1. The predicted octanol–water partition coefficient (Wildman–Crippen LogP) is 5.39. The van der Waals surface area contributed by atoms with Gasteiger partial charge in [-0.05, 0) is 51.8 Å². The molecule has 0 aliphatic rings. The molecule has 0 bridgehead atoms. The Kier molecular flexibility index (Phi) is 5.00. The first-order chi connectivity index (χ1) is 9.93. The summed E-state index contributed by atoms with van der Waals surface area (Å²) < 4.78 is 13.6. The molecule has 1 atom stereocenters. The second-order valence-corrected chi connectivity index (χ2v) is 5.89. The van der Waals surface area contributed by atoms with E-state index in [1.165, 1.54) is 18.2 Å². The first kappa shape index (κ1) is 16.0. The van der Waals surface area contributed by atoms with Crippen molar-refractivity contribution >= 4 is 44.9 Å². The van der Waals surface area contributed by atoms with E-state index in [9.17, 15) is 14.4 Å². The highest BCUT2D eigenvalue weighted by Gasteiger charge is 2.24. The highest BCUT2D eigenvalue weighted by Crippen LogP contribution is 2.30. The van der Waals surface area contributed by atoms with E-state index < -0.39 is 17.5 Å². The van der Waals surface area contributed by atoms with Crippen molar-refractivity contribution in [1.82, 2.24) is 0 Å². The molecule has 21 heavy (non-hydrogen) atoms. The van der Waals surface area contributed by atoms with Crippen LogP contribution in [0.4, 0.5) is 4.39 Å². The topological polar surface area (TPSA) is 40.9 Å². The zero-order chi connectivity index (χ0) is 15.6. The Morgan fingerprint density at radius 3 is 2.48 bits per heavy atom. The van der Waals surface area contributed by atoms with Crippen LogP contribution in [0.3, 0.4) is 0 Å². The lowest BCUT2D eigenvalue weighted by Crippen LogP contribution is -2.12. The van der Waals surface area contributed by atoms with Gasteiger partial charge in [0.1, 0.15) is 11.7 Å². The summed E-state index contributed by atoms with van der Waals surface area (Å²) in [6.45, 7) is 0. The van der Waals surface area contributed by atoms with Crippen molar-refractivity contribution in [3.8, 4) is 6.07 Å². The van der Waals surface area contributed by atoms with Gasteiger partial charge in [0, 0.05) is 15.1 Å². The summed E-state index contributed by atoms with van der Waals surface area (Å²) >= 11 is 15.0. The number of carbonyl (C=O) groups is 1. The van der Waals surface area contributed by atoms with Gasteiger partial charge in [0.2, 0.25) is 0 Å². The lowest BCUT2D eigenvalue weighted by Gasteiger charge is -2.11. The fraction of sp³-hybridized carbons (Fsp3) is 0.0667. The van der Waals surface area contributed by atoms with Crippen molar-refractivity contribution in [2.75, 3.05) is 0 Å². The normalized spacial score (nSPS) is 11.8. The average Bonchev–Trinajstić information content (AvgIpc) is 2.44. The monoisotopic (exact) mass is 385 g/mol. The summed E-state index contributed by atoms with van der Waals surface area (Å²) in [6, 6.07) is 10.1. The molecule has 0 amide bonds. The predicted molar refractivity (Wildman–Crippen MR) is 83.2 cm³/mol. The number of halogens is 4. The van der Waals surface area contributed by atoms with Gasteiger partial charge in [-0.2, -0.15) is 5.26 Å². The molecular weight excluding hydrogens is 380 g/mol. The summed E-state index contributed by atoms with van der Waals surface area (Å²) in [5.41, 5.74) is 0.592. The number of hydrogen-bond donors (Lipinski definition) is 0. The molecule has 2 rings (SSSR count). The number of benzene rings is 2. The number of hydrogen-bond acceptors (Lipinski definition) is 2. The van der Waals surface area contributed by atoms with E-state index in [4.69, 9.17) is 23.2 Å². The van der Waals surface area contributed by atoms with Crippen molar-refractivity contribution in [1.29, 1.82) is 5.26 Å². The Bertz CT molecular complexity index is 758. The Hall–Kier alpha value is -1.41. The average molecular weight is 387 g/mol. The van der Waals surface area contributed by atoms with Crippen molar-refractivity contribution < 1.29 is 9.18 Å². The standard InChI is InChI=1S/C15H7BrCl2FNO/c16-12-5-8(1-4-13(12)17)15(21)11(7-20)10-3-2-9(19)6-14(10)18/h1-6,11H. The Balaban J connectivity index is 2.43. The van der Waals surface area contributed by atoms with Crippen LogP contribution in [0.15, 0.2) is 40.9 Å². The summed E-state index contributed by atoms with van der Waals surface area (Å²) in [4.78, 5) is 12.4. The van der Waals surface area contributed by atoms with Crippen LogP contribution in [0, 0.1) is 17.1 Å². The minimum atomic E-state index is -1.11. The van der Waals surface area contributed by atoms with Crippen molar-refractivity contribution in [2.24, 2.45) is 0 Å². The first-order valence-corrected chi connectivity index (χ1v) is 7.32. The molecular formula is C15H7BrCl2FNO. The molecule has 0 aliphatic carbocycles. The van der Waals surface area contributed by atoms with Crippen LogP contribution in [0.5, 0.6) is 0 Å². The number of Topliss-reactive ketones (excluding diaryl/α,β-unsaturated/α-hetero) is 1. The molecule has 1 unspecified atom stereocenters. The first-order valence-electron chi connectivity index (χ1n) is 5.78. The fourth-order valence-electron chi connectivity index (χ4n) is 1.82. The SMILES string of the molecule is N#CC(C(=O)c1ccc(Cl)c(Br)c1)c1ccc(F)cc1Cl. The van der Waals surface area contributed by atoms with Crippen LogP contribution in [-0.2, 0) is 0 Å². The van der Waals surface area contributed by atoms with Gasteiger partial charge < -0.3 is 0 Å².